The van der Waals surface area contributed by atoms with E-state index in [1.165, 1.54) is 0 Å². The molecule has 198 valence electrons. The highest BCUT2D eigenvalue weighted by atomic mass is 28.4. The van der Waals surface area contributed by atoms with Gasteiger partial charge in [0.2, 0.25) is 0 Å². The molecule has 0 aliphatic heterocycles. The van der Waals surface area contributed by atoms with Gasteiger partial charge in [0.1, 0.15) is 0 Å². The molecule has 0 spiro atoms. The summed E-state index contributed by atoms with van der Waals surface area (Å²) in [6.07, 6.45) is 0. The van der Waals surface area contributed by atoms with E-state index in [1.54, 1.807) is 0 Å². The lowest BCUT2D eigenvalue weighted by Gasteiger charge is -2.33. The van der Waals surface area contributed by atoms with Gasteiger partial charge in [-0.1, -0.05) is 164 Å². The Bertz CT molecular complexity index is 1490. The number of rotatable bonds is 8. The fourth-order valence-electron chi connectivity index (χ4n) is 5.45. The number of benzene rings is 6. The zero-order chi connectivity index (χ0) is 28.1. The van der Waals surface area contributed by atoms with E-state index in [2.05, 4.69) is 109 Å². The Hall–Kier alpha value is -4.52. The summed E-state index contributed by atoms with van der Waals surface area (Å²) in [7, 11) is -5.30. The summed E-state index contributed by atoms with van der Waals surface area (Å²) in [4.78, 5) is 0. The van der Waals surface area contributed by atoms with Gasteiger partial charge in [0.05, 0.1) is 0 Å². The van der Waals surface area contributed by atoms with E-state index in [9.17, 15) is 10.0 Å². The van der Waals surface area contributed by atoms with Crippen molar-refractivity contribution < 1.29 is 14.4 Å². The number of hydrogen-bond donors (Lipinski definition) is 2. The van der Waals surface area contributed by atoms with Gasteiger partial charge < -0.3 is 14.4 Å². The van der Waals surface area contributed by atoms with E-state index in [1.807, 2.05) is 54.6 Å². The van der Waals surface area contributed by atoms with Gasteiger partial charge in [-0.25, -0.2) is 0 Å². The van der Waals surface area contributed by atoms with Gasteiger partial charge in [-0.2, -0.15) is 0 Å². The van der Waals surface area contributed by atoms with Crippen LogP contribution in [0.15, 0.2) is 164 Å². The summed E-state index contributed by atoms with van der Waals surface area (Å²) in [5, 5.41) is 23.4. The summed E-state index contributed by atoms with van der Waals surface area (Å²) in [5.74, 6) is 0. The smallest absolute Gasteiger partial charge is 0.417 e. The Morgan fingerprint density at radius 3 is 0.829 bits per heavy atom. The molecule has 6 rings (SSSR count). The first-order valence-electron chi connectivity index (χ1n) is 13.7. The predicted octanol–water partition coefficient (Wildman–Crippen LogP) is 5.64. The highest BCUT2D eigenvalue weighted by molar-refractivity contribution is 7.09. The lowest BCUT2D eigenvalue weighted by molar-refractivity contribution is 0.290. The van der Waals surface area contributed by atoms with Crippen LogP contribution in [-0.2, 0) is 4.34 Å². The Labute approximate surface area is 242 Å². The fraction of sp³-hybridized carbons (Fsp3) is 0. The first-order chi connectivity index (χ1) is 20.1. The van der Waals surface area contributed by atoms with E-state index >= 15 is 0 Å². The fourth-order valence-corrected chi connectivity index (χ4v) is 9.08. The van der Waals surface area contributed by atoms with Crippen LogP contribution >= 0.6 is 0 Å². The lowest BCUT2D eigenvalue weighted by Crippen LogP contribution is -2.71. The topological polar surface area (TPSA) is 49.7 Å². The Kier molecular flexibility index (Phi) is 7.76. The monoisotopic (exact) mass is 548 g/mol. The summed E-state index contributed by atoms with van der Waals surface area (Å²) < 4.78 is 6.28. The van der Waals surface area contributed by atoms with Crippen molar-refractivity contribution in [1.82, 2.24) is 0 Å². The van der Waals surface area contributed by atoms with Crippen LogP contribution in [0.1, 0.15) is 0 Å². The zero-order valence-corrected chi connectivity index (χ0v) is 23.5. The highest BCUT2D eigenvalue weighted by Gasteiger charge is 2.44. The summed E-state index contributed by atoms with van der Waals surface area (Å²) in [6.45, 7) is 0. The Balaban J connectivity index is 1.50. The SMILES string of the molecule is OB(O)O[Si](c1ccc(-c2ccccc2)cc1)(c1ccc(-c2ccccc2)cc1)c1ccc(-c2ccccc2)cc1. The molecule has 0 aromatic heterocycles. The molecule has 0 unspecified atom stereocenters. The van der Waals surface area contributed by atoms with Gasteiger partial charge in [0.15, 0.2) is 0 Å². The van der Waals surface area contributed by atoms with Crippen LogP contribution in [0.4, 0.5) is 0 Å². The molecular weight excluding hydrogens is 519 g/mol. The van der Waals surface area contributed by atoms with E-state index in [0.717, 1.165) is 48.9 Å². The van der Waals surface area contributed by atoms with E-state index < -0.39 is 15.6 Å². The Morgan fingerprint density at radius 1 is 0.341 bits per heavy atom. The van der Waals surface area contributed by atoms with E-state index in [0.29, 0.717) is 0 Å². The molecule has 0 atom stereocenters. The second-order valence-electron chi connectivity index (χ2n) is 9.96. The minimum Gasteiger partial charge on any atom is -0.417 e. The minimum absolute atomic E-state index is 0.921. The maximum atomic E-state index is 10.3. The molecule has 0 heterocycles. The van der Waals surface area contributed by atoms with Crippen molar-refractivity contribution >= 4 is 31.2 Å². The van der Waals surface area contributed by atoms with Crippen LogP contribution < -0.4 is 15.6 Å². The molecule has 0 saturated carbocycles. The van der Waals surface area contributed by atoms with Crippen molar-refractivity contribution in [2.24, 2.45) is 0 Å². The average molecular weight is 549 g/mol. The molecule has 0 radical (unpaired) electrons. The van der Waals surface area contributed by atoms with Gasteiger partial charge in [0, 0.05) is 0 Å². The second kappa shape index (κ2) is 11.9. The predicted molar refractivity (Wildman–Crippen MR) is 172 cm³/mol. The third-order valence-corrected chi connectivity index (χ3v) is 11.5. The minimum atomic E-state index is -3.36. The molecule has 0 aliphatic rings. The average Bonchev–Trinajstić information content (AvgIpc) is 3.05. The molecule has 0 bridgehead atoms. The van der Waals surface area contributed by atoms with Crippen LogP contribution in [-0.4, -0.2) is 25.7 Å². The molecule has 5 heteroatoms. The van der Waals surface area contributed by atoms with E-state index in [-0.39, 0.29) is 0 Å². The quantitative estimate of drug-likeness (QED) is 0.191. The van der Waals surface area contributed by atoms with Crippen molar-refractivity contribution in [2.45, 2.75) is 0 Å². The van der Waals surface area contributed by atoms with Crippen LogP contribution in [0.25, 0.3) is 33.4 Å². The second-order valence-corrected chi connectivity index (χ2v) is 13.3. The maximum Gasteiger partial charge on any atom is 0.623 e. The molecule has 3 nitrogen and oxygen atoms in total. The Morgan fingerprint density at radius 2 is 0.585 bits per heavy atom. The molecule has 41 heavy (non-hydrogen) atoms. The molecule has 0 fully saturated rings. The first kappa shape index (κ1) is 26.7. The van der Waals surface area contributed by atoms with Crippen LogP contribution in [0.3, 0.4) is 0 Å². The van der Waals surface area contributed by atoms with Crippen molar-refractivity contribution in [3.05, 3.63) is 164 Å². The van der Waals surface area contributed by atoms with Gasteiger partial charge in [0.25, 0.3) is 8.32 Å². The largest absolute Gasteiger partial charge is 0.623 e. The van der Waals surface area contributed by atoms with Gasteiger partial charge in [-0.3, -0.25) is 0 Å². The van der Waals surface area contributed by atoms with Crippen molar-refractivity contribution in [3.63, 3.8) is 0 Å². The molecule has 6 aromatic rings. The van der Waals surface area contributed by atoms with Crippen molar-refractivity contribution in [1.29, 1.82) is 0 Å². The lowest BCUT2D eigenvalue weighted by atomic mass is 10.1. The summed E-state index contributed by atoms with van der Waals surface area (Å²) >= 11 is 0. The number of hydrogen-bond acceptors (Lipinski definition) is 3. The third-order valence-electron chi connectivity index (χ3n) is 7.48. The van der Waals surface area contributed by atoms with E-state index in [4.69, 9.17) is 4.34 Å². The standard InChI is InChI=1S/C36H29BO3Si/c38-37(39)40-41(34-22-16-31(17-23-34)28-10-4-1-5-11-28,35-24-18-32(19-25-35)29-12-6-2-7-13-29)36-26-20-33(21-27-36)30-14-8-3-9-15-30/h1-27,38-39H. The third kappa shape index (κ3) is 5.57. The van der Waals surface area contributed by atoms with Crippen LogP contribution in [0.2, 0.25) is 0 Å². The zero-order valence-electron chi connectivity index (χ0n) is 22.5. The van der Waals surface area contributed by atoms with Crippen LogP contribution in [0, 0.1) is 0 Å². The summed E-state index contributed by atoms with van der Waals surface area (Å²) in [5.41, 5.74) is 6.61. The molecular formula is C36H29BO3Si. The maximum absolute atomic E-state index is 10.3. The molecule has 0 amide bonds. The van der Waals surface area contributed by atoms with Gasteiger partial charge in [-0.15, -0.1) is 0 Å². The molecule has 0 saturated heterocycles. The van der Waals surface area contributed by atoms with Crippen LogP contribution in [0.5, 0.6) is 0 Å². The van der Waals surface area contributed by atoms with Gasteiger partial charge in [-0.05, 0) is 48.9 Å². The van der Waals surface area contributed by atoms with Crippen molar-refractivity contribution in [3.8, 4) is 33.4 Å². The summed E-state index contributed by atoms with van der Waals surface area (Å²) in [6, 6.07) is 55.5. The first-order valence-corrected chi connectivity index (χ1v) is 15.6. The molecule has 0 aliphatic carbocycles. The molecule has 2 N–H and O–H groups in total. The normalized spacial score (nSPS) is 11.3. The van der Waals surface area contributed by atoms with Gasteiger partial charge >= 0.3 is 7.32 Å². The molecule has 6 aromatic carbocycles. The van der Waals surface area contributed by atoms with Crippen molar-refractivity contribution in [2.75, 3.05) is 0 Å². The highest BCUT2D eigenvalue weighted by Crippen LogP contribution is 2.23.